The van der Waals surface area contributed by atoms with Gasteiger partial charge in [-0.1, -0.05) is 30.3 Å². The lowest BCUT2D eigenvalue weighted by Crippen LogP contribution is -2.43. The molecular weight excluding hydrogens is 272 g/mol. The Labute approximate surface area is 122 Å². The minimum Gasteiger partial charge on any atom is -0.394 e. The first-order valence-electron chi connectivity index (χ1n) is 7.03. The van der Waals surface area contributed by atoms with Gasteiger partial charge in [0.1, 0.15) is 0 Å². The zero-order chi connectivity index (χ0) is 14.9. The quantitative estimate of drug-likeness (QED) is 0.907. The van der Waals surface area contributed by atoms with Crippen LogP contribution in [0.25, 0.3) is 0 Å². The fraction of sp³-hybridized carbons (Fsp3) is 0.294. The van der Waals surface area contributed by atoms with Crippen LogP contribution in [0.4, 0.5) is 8.78 Å². The van der Waals surface area contributed by atoms with Crippen LogP contribution in [0.15, 0.2) is 42.5 Å². The molecule has 2 N–H and O–H groups in total. The van der Waals surface area contributed by atoms with Gasteiger partial charge in [-0.15, -0.1) is 0 Å². The van der Waals surface area contributed by atoms with Crippen LogP contribution >= 0.6 is 0 Å². The maximum atomic E-state index is 13.2. The Morgan fingerprint density at radius 2 is 1.90 bits per heavy atom. The van der Waals surface area contributed by atoms with Crippen molar-refractivity contribution in [2.24, 2.45) is 0 Å². The smallest absolute Gasteiger partial charge is 0.159 e. The lowest BCUT2D eigenvalue weighted by Gasteiger charge is -2.30. The van der Waals surface area contributed by atoms with Crippen molar-refractivity contribution in [2.75, 3.05) is 6.61 Å². The molecule has 1 aliphatic carbocycles. The van der Waals surface area contributed by atoms with Gasteiger partial charge in [0.2, 0.25) is 0 Å². The summed E-state index contributed by atoms with van der Waals surface area (Å²) in [6, 6.07) is 11.9. The van der Waals surface area contributed by atoms with Crippen molar-refractivity contribution in [1.82, 2.24) is 5.32 Å². The summed E-state index contributed by atoms with van der Waals surface area (Å²) in [5.74, 6) is -1.69. The molecule has 1 aliphatic rings. The first-order chi connectivity index (χ1) is 10.1. The Bertz CT molecular complexity index is 659. The molecule has 110 valence electrons. The van der Waals surface area contributed by atoms with E-state index < -0.39 is 17.2 Å². The Kier molecular flexibility index (Phi) is 3.74. The zero-order valence-corrected chi connectivity index (χ0v) is 11.6. The summed E-state index contributed by atoms with van der Waals surface area (Å²) in [5, 5.41) is 13.2. The van der Waals surface area contributed by atoms with E-state index in [0.29, 0.717) is 12.1 Å². The number of hydrogen-bond donors (Lipinski definition) is 2. The number of benzene rings is 2. The van der Waals surface area contributed by atoms with Crippen LogP contribution in [-0.2, 0) is 18.5 Å². The van der Waals surface area contributed by atoms with Crippen LogP contribution in [0.1, 0.15) is 23.1 Å². The van der Waals surface area contributed by atoms with E-state index in [0.717, 1.165) is 24.5 Å². The molecule has 1 unspecified atom stereocenters. The highest BCUT2D eigenvalue weighted by Gasteiger charge is 2.37. The summed E-state index contributed by atoms with van der Waals surface area (Å²) in [6.07, 6.45) is 1.70. The summed E-state index contributed by atoms with van der Waals surface area (Å²) < 4.78 is 26.2. The van der Waals surface area contributed by atoms with E-state index in [2.05, 4.69) is 11.4 Å². The molecule has 0 bridgehead atoms. The highest BCUT2D eigenvalue weighted by Crippen LogP contribution is 2.36. The number of aryl methyl sites for hydroxylation is 1. The highest BCUT2D eigenvalue weighted by atomic mass is 19.2. The molecule has 0 saturated carbocycles. The third-order valence-corrected chi connectivity index (χ3v) is 4.24. The number of nitrogens with one attached hydrogen (secondary N) is 1. The van der Waals surface area contributed by atoms with Gasteiger partial charge in [0.25, 0.3) is 0 Å². The molecule has 0 spiro atoms. The predicted molar refractivity (Wildman–Crippen MR) is 76.7 cm³/mol. The van der Waals surface area contributed by atoms with Gasteiger partial charge in [-0.25, -0.2) is 8.78 Å². The number of halogens is 2. The third-order valence-electron chi connectivity index (χ3n) is 4.24. The van der Waals surface area contributed by atoms with Crippen molar-refractivity contribution in [3.05, 3.63) is 70.8 Å². The fourth-order valence-corrected chi connectivity index (χ4v) is 3.01. The summed E-state index contributed by atoms with van der Waals surface area (Å²) in [5.41, 5.74) is 2.48. The average Bonchev–Trinajstić information content (AvgIpc) is 2.88. The molecule has 0 aromatic heterocycles. The van der Waals surface area contributed by atoms with Gasteiger partial charge in [-0.3, -0.25) is 0 Å². The van der Waals surface area contributed by atoms with Crippen LogP contribution in [0.2, 0.25) is 0 Å². The molecule has 0 heterocycles. The third kappa shape index (κ3) is 2.57. The van der Waals surface area contributed by atoms with E-state index in [4.69, 9.17) is 0 Å². The standard InChI is InChI=1S/C17H17F2NO/c18-15-6-5-12(9-16(15)19)10-20-17(11-21)8-7-13-3-1-2-4-14(13)17/h1-6,9,20-21H,7-8,10-11H2. The second kappa shape index (κ2) is 5.54. The molecule has 2 aromatic carbocycles. The van der Waals surface area contributed by atoms with Crippen molar-refractivity contribution in [3.8, 4) is 0 Å². The summed E-state index contributed by atoms with van der Waals surface area (Å²) >= 11 is 0. The Morgan fingerprint density at radius 3 is 2.67 bits per heavy atom. The minimum atomic E-state index is -0.848. The van der Waals surface area contributed by atoms with E-state index in [1.165, 1.54) is 11.6 Å². The normalized spacial score (nSPS) is 20.5. The minimum absolute atomic E-state index is 0.0201. The van der Waals surface area contributed by atoms with Crippen molar-refractivity contribution in [1.29, 1.82) is 0 Å². The SMILES string of the molecule is OCC1(NCc2ccc(F)c(F)c2)CCc2ccccc21. The summed E-state index contributed by atoms with van der Waals surface area (Å²) in [6.45, 7) is 0.361. The van der Waals surface area contributed by atoms with E-state index >= 15 is 0 Å². The maximum absolute atomic E-state index is 13.2. The van der Waals surface area contributed by atoms with Crippen LogP contribution < -0.4 is 5.32 Å². The van der Waals surface area contributed by atoms with Crippen LogP contribution in [0.5, 0.6) is 0 Å². The van der Waals surface area contributed by atoms with E-state index in [-0.39, 0.29) is 6.61 Å². The zero-order valence-electron chi connectivity index (χ0n) is 11.6. The Balaban J connectivity index is 1.81. The molecular formula is C17H17F2NO. The number of aliphatic hydroxyl groups excluding tert-OH is 1. The second-order valence-corrected chi connectivity index (χ2v) is 5.50. The highest BCUT2D eigenvalue weighted by molar-refractivity contribution is 5.39. The lowest BCUT2D eigenvalue weighted by atomic mass is 9.92. The van der Waals surface area contributed by atoms with Crippen molar-refractivity contribution in [3.63, 3.8) is 0 Å². The largest absolute Gasteiger partial charge is 0.394 e. The molecule has 2 aromatic rings. The molecule has 0 saturated heterocycles. The molecule has 1 atom stereocenters. The summed E-state index contributed by atoms with van der Waals surface area (Å²) in [4.78, 5) is 0. The molecule has 0 amide bonds. The van der Waals surface area contributed by atoms with E-state index in [1.54, 1.807) is 6.07 Å². The van der Waals surface area contributed by atoms with E-state index in [1.807, 2.05) is 18.2 Å². The molecule has 3 rings (SSSR count). The lowest BCUT2D eigenvalue weighted by molar-refractivity contribution is 0.159. The van der Waals surface area contributed by atoms with Crippen molar-refractivity contribution in [2.45, 2.75) is 24.9 Å². The van der Waals surface area contributed by atoms with Gasteiger partial charge >= 0.3 is 0 Å². The van der Waals surface area contributed by atoms with Gasteiger partial charge in [-0.05, 0) is 41.7 Å². The average molecular weight is 289 g/mol. The number of rotatable bonds is 4. The van der Waals surface area contributed by atoms with Gasteiger partial charge in [-0.2, -0.15) is 0 Å². The maximum Gasteiger partial charge on any atom is 0.159 e. The number of fused-ring (bicyclic) bond motifs is 1. The second-order valence-electron chi connectivity index (χ2n) is 5.50. The van der Waals surface area contributed by atoms with Crippen LogP contribution in [-0.4, -0.2) is 11.7 Å². The first kappa shape index (κ1) is 14.2. The molecule has 4 heteroatoms. The van der Waals surface area contributed by atoms with E-state index in [9.17, 15) is 13.9 Å². The van der Waals surface area contributed by atoms with Gasteiger partial charge < -0.3 is 10.4 Å². The van der Waals surface area contributed by atoms with Gasteiger partial charge in [0, 0.05) is 6.54 Å². The number of hydrogen-bond acceptors (Lipinski definition) is 2. The Morgan fingerprint density at radius 1 is 1.10 bits per heavy atom. The first-order valence-corrected chi connectivity index (χ1v) is 7.03. The molecule has 0 aliphatic heterocycles. The molecule has 0 fully saturated rings. The van der Waals surface area contributed by atoms with Gasteiger partial charge in [0.05, 0.1) is 12.1 Å². The Hall–Kier alpha value is -1.78. The molecule has 0 radical (unpaired) electrons. The van der Waals surface area contributed by atoms with Crippen molar-refractivity contribution < 1.29 is 13.9 Å². The van der Waals surface area contributed by atoms with Crippen molar-refractivity contribution >= 4 is 0 Å². The summed E-state index contributed by atoms with van der Waals surface area (Å²) in [7, 11) is 0. The topological polar surface area (TPSA) is 32.3 Å². The van der Waals surface area contributed by atoms with Gasteiger partial charge in [0.15, 0.2) is 11.6 Å². The molecule has 2 nitrogen and oxygen atoms in total. The monoisotopic (exact) mass is 289 g/mol. The predicted octanol–water partition coefficient (Wildman–Crippen LogP) is 2.89. The van der Waals surface area contributed by atoms with Crippen LogP contribution in [0, 0.1) is 11.6 Å². The fourth-order valence-electron chi connectivity index (χ4n) is 3.01. The number of aliphatic hydroxyl groups is 1. The molecule has 21 heavy (non-hydrogen) atoms. The van der Waals surface area contributed by atoms with Crippen LogP contribution in [0.3, 0.4) is 0 Å².